The number of aliphatic hydroxyl groups excluding tert-OH is 2. The van der Waals surface area contributed by atoms with Gasteiger partial charge in [0.25, 0.3) is 0 Å². The van der Waals surface area contributed by atoms with Gasteiger partial charge in [-0.15, -0.1) is 0 Å². The highest BCUT2D eigenvalue weighted by Crippen LogP contribution is 2.60. The van der Waals surface area contributed by atoms with Gasteiger partial charge in [0.15, 0.2) is 12.3 Å². The van der Waals surface area contributed by atoms with Crippen LogP contribution in [-0.2, 0) is 46.3 Å². The van der Waals surface area contributed by atoms with Crippen LogP contribution in [0.15, 0.2) is 17.1 Å². The molecule has 0 bridgehead atoms. The molecule has 0 spiro atoms. The van der Waals surface area contributed by atoms with Gasteiger partial charge in [-0.25, -0.2) is 13.9 Å². The number of phosphoric acid groups is 2. The van der Waals surface area contributed by atoms with Gasteiger partial charge in [0, 0.05) is 19.0 Å². The summed E-state index contributed by atoms with van der Waals surface area (Å²) in [5.74, 6) is 0.316. The van der Waals surface area contributed by atoms with Crippen molar-refractivity contribution in [3.63, 3.8) is 0 Å². The van der Waals surface area contributed by atoms with Crippen LogP contribution in [0.2, 0.25) is 0 Å². The largest absolute Gasteiger partial charge is 0.481 e. The Kier molecular flexibility index (Phi) is 35.8. The summed E-state index contributed by atoms with van der Waals surface area (Å²) in [5.41, 5.74) is 4.60. The van der Waals surface area contributed by atoms with E-state index in [-0.39, 0.29) is 18.7 Å². The monoisotopic (exact) mass is 1070 g/mol. The fourth-order valence-electron chi connectivity index (χ4n) is 8.74. The fraction of sp³-hybridized carbons (Fsp3) is 0.885. The number of hydrogen-bond acceptors (Lipinski definition) is 15. The Bertz CT molecular complexity index is 1740. The van der Waals surface area contributed by atoms with Crippen LogP contribution in [0.3, 0.4) is 0 Å². The Labute approximate surface area is 431 Å². The molecule has 7 atom stereocenters. The van der Waals surface area contributed by atoms with Crippen molar-refractivity contribution in [1.29, 1.82) is 0 Å². The molecular formula is C52H97N3O15P2. The van der Waals surface area contributed by atoms with Crippen LogP contribution in [0.5, 0.6) is 0 Å². The molecule has 1 aliphatic heterocycles. The van der Waals surface area contributed by atoms with Gasteiger partial charge in [-0.2, -0.15) is 9.29 Å². The van der Waals surface area contributed by atoms with Crippen molar-refractivity contribution in [3.8, 4) is 0 Å². The summed E-state index contributed by atoms with van der Waals surface area (Å²) < 4.78 is 57.0. The normalized spacial score (nSPS) is 19.1. The summed E-state index contributed by atoms with van der Waals surface area (Å²) in [6, 6.07) is 1.25. The molecule has 1 fully saturated rings. The summed E-state index contributed by atoms with van der Waals surface area (Å²) in [7, 11) is -10.8. The van der Waals surface area contributed by atoms with Crippen molar-refractivity contribution >= 4 is 33.4 Å². The molecule has 1 saturated heterocycles. The van der Waals surface area contributed by atoms with Gasteiger partial charge in [-0.1, -0.05) is 207 Å². The molecule has 0 aromatic carbocycles. The topological polar surface area (TPSA) is 265 Å². The maximum Gasteiger partial charge on any atom is 0.481 e. The summed E-state index contributed by atoms with van der Waals surface area (Å²) in [5, 5.41) is 20.9. The lowest BCUT2D eigenvalue weighted by molar-refractivity contribution is -0.161. The summed E-state index contributed by atoms with van der Waals surface area (Å²) in [4.78, 5) is 62.1. The smallest absolute Gasteiger partial charge is 0.462 e. The highest BCUT2D eigenvalue weighted by molar-refractivity contribution is 7.61. The number of hydrogen-bond donors (Lipinski definition) is 5. The van der Waals surface area contributed by atoms with Gasteiger partial charge in [0.2, 0.25) is 0 Å². The lowest BCUT2D eigenvalue weighted by Crippen LogP contribution is -2.36. The zero-order chi connectivity index (χ0) is 53.0. The number of nitrogen functional groups attached to an aromatic ring is 1. The minimum Gasteiger partial charge on any atom is -0.462 e. The Morgan fingerprint density at radius 3 is 1.46 bits per heavy atom. The Morgan fingerprint density at radius 1 is 0.625 bits per heavy atom. The van der Waals surface area contributed by atoms with E-state index in [2.05, 4.69) is 37.0 Å². The third-order valence-corrected chi connectivity index (χ3v) is 15.6. The van der Waals surface area contributed by atoms with Crippen LogP contribution < -0.4 is 11.4 Å². The van der Waals surface area contributed by atoms with Crippen molar-refractivity contribution in [2.75, 3.05) is 25.6 Å². The van der Waals surface area contributed by atoms with Gasteiger partial charge in [-0.3, -0.25) is 23.2 Å². The van der Waals surface area contributed by atoms with E-state index in [9.17, 15) is 43.5 Å². The second-order valence-corrected chi connectivity index (χ2v) is 23.8. The number of aromatic nitrogens is 2. The molecule has 18 nitrogen and oxygen atoms in total. The molecule has 1 aromatic rings. The van der Waals surface area contributed by atoms with Gasteiger partial charge >= 0.3 is 33.3 Å². The first-order valence-corrected chi connectivity index (χ1v) is 30.8. The van der Waals surface area contributed by atoms with E-state index in [4.69, 9.17) is 29.0 Å². The summed E-state index contributed by atoms with van der Waals surface area (Å²) in [6.45, 7) is 6.85. The van der Waals surface area contributed by atoms with Crippen LogP contribution >= 0.6 is 15.6 Å². The number of nitrogens with two attached hydrogens (primary N) is 1. The zero-order valence-corrected chi connectivity index (χ0v) is 46.4. The van der Waals surface area contributed by atoms with Crippen molar-refractivity contribution in [2.24, 2.45) is 11.8 Å². The van der Waals surface area contributed by atoms with Gasteiger partial charge < -0.3 is 39.9 Å². The van der Waals surface area contributed by atoms with Crippen molar-refractivity contribution in [3.05, 3.63) is 22.7 Å². The maximum atomic E-state index is 12.9. The molecule has 0 radical (unpaired) electrons. The quantitative estimate of drug-likeness (QED) is 0.0231. The van der Waals surface area contributed by atoms with E-state index < -0.39 is 83.7 Å². The zero-order valence-electron chi connectivity index (χ0n) is 44.6. The number of unbranched alkanes of at least 4 members (excludes halogenated alkanes) is 26. The predicted octanol–water partition coefficient (Wildman–Crippen LogP) is 11.9. The first-order chi connectivity index (χ1) is 34.4. The minimum absolute atomic E-state index is 0.0570. The highest BCUT2D eigenvalue weighted by atomic mass is 31.3. The van der Waals surface area contributed by atoms with Crippen molar-refractivity contribution < 1.29 is 66.3 Å². The average Bonchev–Trinajstić information content (AvgIpc) is 3.59. The highest BCUT2D eigenvalue weighted by Gasteiger charge is 2.46. The molecule has 72 heavy (non-hydrogen) atoms. The standard InChI is InChI=1S/C52H97N3O15P2/c1-42(2)33-29-25-21-17-13-9-6-5-7-11-15-19-23-27-31-35-47(56)65-39-44(68-48(57)36-32-28-24-20-16-12-8-10-14-18-22-26-30-34-43(3)4)40-66-71(61,62)70-72(63,64)67-41-45-49(58)50(59)51(69-45)55-38-37-46(53)54-52(55)60/h37-38,42-45,49-51,58-59H,5-36,39-41H2,1-4H3,(H,61,62)(H,63,64)(H2,53,54,60)/t44-,45-,49+,50?,51-/m1/s1. The number of carbonyl (C=O) groups is 2. The second kappa shape index (κ2) is 39.2. The molecule has 1 aromatic heterocycles. The minimum atomic E-state index is -5.42. The lowest BCUT2D eigenvalue weighted by atomic mass is 10.0. The number of aliphatic hydroxyl groups is 2. The van der Waals surface area contributed by atoms with Gasteiger partial charge in [-0.05, 0) is 30.7 Å². The number of anilines is 1. The molecule has 3 unspecified atom stereocenters. The molecule has 0 saturated carbocycles. The molecule has 420 valence electrons. The number of rotatable bonds is 46. The molecule has 1 aliphatic rings. The molecule has 2 heterocycles. The average molecular weight is 1070 g/mol. The van der Waals surface area contributed by atoms with Crippen LogP contribution in [0.25, 0.3) is 0 Å². The molecule has 20 heteroatoms. The van der Waals surface area contributed by atoms with Crippen molar-refractivity contribution in [1.82, 2.24) is 9.55 Å². The Hall–Kier alpha value is -2.24. The van der Waals surface area contributed by atoms with E-state index >= 15 is 0 Å². The second-order valence-electron chi connectivity index (χ2n) is 20.8. The number of phosphoric ester groups is 2. The van der Waals surface area contributed by atoms with Crippen LogP contribution in [0.1, 0.15) is 239 Å². The predicted molar refractivity (Wildman–Crippen MR) is 280 cm³/mol. The number of nitrogens with zero attached hydrogens (tertiary/aromatic N) is 2. The van der Waals surface area contributed by atoms with Gasteiger partial charge in [0.05, 0.1) is 13.2 Å². The first kappa shape index (κ1) is 65.9. The van der Waals surface area contributed by atoms with Crippen LogP contribution in [0.4, 0.5) is 5.82 Å². The number of ether oxygens (including phenoxy) is 3. The van der Waals surface area contributed by atoms with Crippen LogP contribution in [0, 0.1) is 11.8 Å². The van der Waals surface area contributed by atoms with E-state index in [1.165, 1.54) is 141 Å². The Balaban J connectivity index is 1.75. The molecule has 0 aliphatic carbocycles. The molecular weight excluding hydrogens is 969 g/mol. The lowest BCUT2D eigenvalue weighted by Gasteiger charge is -2.21. The Morgan fingerprint density at radius 2 is 1.03 bits per heavy atom. The SMILES string of the molecule is CC(C)CCCCCCCCCCCCCCCCCC(=O)OC[C@H](COP(=O)(O)OP(=O)(O)OC[C@H]1O[C@@H](n2ccc(N)nc2=O)C(O)[C@H]1O)OC(=O)CCCCCCCCCCCCCCCC(C)C. The van der Waals surface area contributed by atoms with Crippen molar-refractivity contribution in [2.45, 2.75) is 264 Å². The summed E-state index contributed by atoms with van der Waals surface area (Å²) >= 11 is 0. The third kappa shape index (κ3) is 32.9. The van der Waals surface area contributed by atoms with E-state index in [1.54, 1.807) is 0 Å². The molecule has 2 rings (SSSR count). The molecule has 0 amide bonds. The third-order valence-electron chi connectivity index (χ3n) is 13.0. The summed E-state index contributed by atoms with van der Waals surface area (Å²) in [6.07, 6.45) is 29.0. The first-order valence-electron chi connectivity index (χ1n) is 27.8. The maximum absolute atomic E-state index is 12.9. The number of esters is 2. The van der Waals surface area contributed by atoms with Crippen LogP contribution in [-0.4, -0.2) is 85.7 Å². The molecule has 6 N–H and O–H groups in total. The van der Waals surface area contributed by atoms with E-state index in [0.29, 0.717) is 12.8 Å². The van der Waals surface area contributed by atoms with E-state index in [0.717, 1.165) is 67.8 Å². The van der Waals surface area contributed by atoms with E-state index in [1.807, 2.05) is 0 Å². The number of carbonyl (C=O) groups excluding carboxylic acids is 2. The fourth-order valence-corrected chi connectivity index (χ4v) is 10.9. The van der Waals surface area contributed by atoms with Gasteiger partial charge in [0.1, 0.15) is 30.7 Å².